The predicted octanol–water partition coefficient (Wildman–Crippen LogP) is 3.79. The third-order valence-electron chi connectivity index (χ3n) is 3.06. The van der Waals surface area contributed by atoms with Gasteiger partial charge in [0.2, 0.25) is 5.89 Å². The van der Waals surface area contributed by atoms with Crippen LogP contribution >= 0.6 is 15.9 Å². The van der Waals surface area contributed by atoms with Crippen LogP contribution < -0.4 is 0 Å². The molecule has 0 N–H and O–H groups in total. The second-order valence-corrected chi connectivity index (χ2v) is 4.79. The van der Waals surface area contributed by atoms with E-state index < -0.39 is 0 Å². The Bertz CT molecular complexity index is 293. The topological polar surface area (TPSA) is 38.9 Å². The van der Waals surface area contributed by atoms with Gasteiger partial charge in [-0.2, -0.15) is 4.98 Å². The van der Waals surface area contributed by atoms with E-state index in [4.69, 9.17) is 4.52 Å². The summed E-state index contributed by atoms with van der Waals surface area (Å²) in [6.45, 7) is 0. The average molecular weight is 273 g/mol. The van der Waals surface area contributed by atoms with E-state index in [9.17, 15) is 0 Å². The Morgan fingerprint density at radius 1 is 1.13 bits per heavy atom. The van der Waals surface area contributed by atoms with Crippen LogP contribution in [0.2, 0.25) is 0 Å². The number of rotatable bonds is 2. The Hall–Kier alpha value is -0.380. The molecule has 1 aromatic rings. The molecule has 3 nitrogen and oxygen atoms in total. The summed E-state index contributed by atoms with van der Waals surface area (Å²) in [4.78, 5) is 4.40. The fourth-order valence-corrected chi connectivity index (χ4v) is 2.42. The Morgan fingerprint density at radius 2 is 1.80 bits per heavy atom. The van der Waals surface area contributed by atoms with Gasteiger partial charge in [0.25, 0.3) is 0 Å². The van der Waals surface area contributed by atoms with Gasteiger partial charge < -0.3 is 4.52 Å². The van der Waals surface area contributed by atoms with Crippen molar-refractivity contribution in [1.82, 2.24) is 10.1 Å². The first-order valence-corrected chi connectivity index (χ1v) is 6.90. The minimum Gasteiger partial charge on any atom is -0.339 e. The average Bonchev–Trinajstić information content (AvgIpc) is 2.65. The van der Waals surface area contributed by atoms with Crippen LogP contribution in [-0.2, 0) is 5.33 Å². The van der Waals surface area contributed by atoms with Crippen LogP contribution in [0.1, 0.15) is 62.6 Å². The molecule has 0 bridgehead atoms. The van der Waals surface area contributed by atoms with E-state index in [0.29, 0.717) is 11.2 Å². The lowest BCUT2D eigenvalue weighted by Crippen LogP contribution is -2.02. The molecule has 0 saturated heterocycles. The molecule has 1 aliphatic rings. The molecular formula is C11H17BrN2O. The molecule has 0 unspecified atom stereocenters. The summed E-state index contributed by atoms with van der Waals surface area (Å²) in [5.41, 5.74) is 0. The normalized spacial score (nSPS) is 19.8. The van der Waals surface area contributed by atoms with Gasteiger partial charge >= 0.3 is 0 Å². The lowest BCUT2D eigenvalue weighted by atomic mass is 9.91. The van der Waals surface area contributed by atoms with Crippen molar-refractivity contribution >= 4 is 15.9 Å². The third-order valence-corrected chi connectivity index (χ3v) is 3.56. The fourth-order valence-electron chi connectivity index (χ4n) is 2.19. The van der Waals surface area contributed by atoms with Gasteiger partial charge in [-0.15, -0.1) is 0 Å². The zero-order valence-corrected chi connectivity index (χ0v) is 10.5. The largest absolute Gasteiger partial charge is 0.339 e. The first kappa shape index (κ1) is 11.1. The van der Waals surface area contributed by atoms with Gasteiger partial charge in [-0.1, -0.05) is 53.2 Å². The smallest absolute Gasteiger partial charge is 0.229 e. The first-order chi connectivity index (χ1) is 7.40. The van der Waals surface area contributed by atoms with Crippen LogP contribution in [-0.4, -0.2) is 10.1 Å². The molecular weight excluding hydrogens is 256 g/mol. The maximum Gasteiger partial charge on any atom is 0.229 e. The summed E-state index contributed by atoms with van der Waals surface area (Å²) in [5, 5.41) is 4.61. The molecule has 4 heteroatoms. The summed E-state index contributed by atoms with van der Waals surface area (Å²) in [6, 6.07) is 0. The van der Waals surface area contributed by atoms with Crippen molar-refractivity contribution in [2.24, 2.45) is 0 Å². The van der Waals surface area contributed by atoms with E-state index in [1.54, 1.807) is 0 Å². The van der Waals surface area contributed by atoms with E-state index in [2.05, 4.69) is 26.1 Å². The summed E-state index contributed by atoms with van der Waals surface area (Å²) in [6.07, 6.45) is 9.14. The van der Waals surface area contributed by atoms with Gasteiger partial charge in [-0.25, -0.2) is 0 Å². The molecule has 2 rings (SSSR count). The number of nitrogens with zero attached hydrogens (tertiary/aromatic N) is 2. The molecule has 1 saturated carbocycles. The molecule has 1 aromatic heterocycles. The van der Waals surface area contributed by atoms with Gasteiger partial charge in [-0.05, 0) is 12.8 Å². The highest BCUT2D eigenvalue weighted by atomic mass is 79.9. The van der Waals surface area contributed by atoms with Crippen molar-refractivity contribution in [3.8, 4) is 0 Å². The molecule has 1 fully saturated rings. The van der Waals surface area contributed by atoms with Gasteiger partial charge in [0, 0.05) is 5.92 Å². The van der Waals surface area contributed by atoms with Crippen LogP contribution in [0, 0.1) is 0 Å². The number of alkyl halides is 1. The Labute approximate surface area is 98.8 Å². The number of hydrogen-bond acceptors (Lipinski definition) is 3. The highest BCUT2D eigenvalue weighted by Gasteiger charge is 2.19. The summed E-state index contributed by atoms with van der Waals surface area (Å²) >= 11 is 3.34. The quantitative estimate of drug-likeness (QED) is 0.769. The molecule has 1 aliphatic carbocycles. The highest BCUT2D eigenvalue weighted by Crippen LogP contribution is 2.29. The van der Waals surface area contributed by atoms with Crippen LogP contribution in [0.25, 0.3) is 0 Å². The predicted molar refractivity (Wildman–Crippen MR) is 62.0 cm³/mol. The SMILES string of the molecule is BrCc1noc(C2CCCCCCC2)n1. The third kappa shape index (κ3) is 3.03. The van der Waals surface area contributed by atoms with E-state index >= 15 is 0 Å². The monoisotopic (exact) mass is 272 g/mol. The Balaban J connectivity index is 2.00. The van der Waals surface area contributed by atoms with E-state index in [0.717, 1.165) is 11.7 Å². The fraction of sp³-hybridized carbons (Fsp3) is 0.818. The maximum absolute atomic E-state index is 5.30. The molecule has 15 heavy (non-hydrogen) atoms. The Morgan fingerprint density at radius 3 is 2.40 bits per heavy atom. The van der Waals surface area contributed by atoms with Crippen molar-refractivity contribution in [3.05, 3.63) is 11.7 Å². The van der Waals surface area contributed by atoms with Gasteiger partial charge in [0.15, 0.2) is 5.82 Å². The summed E-state index contributed by atoms with van der Waals surface area (Å²) in [5.74, 6) is 2.13. The molecule has 84 valence electrons. The molecule has 0 spiro atoms. The minimum atomic E-state index is 0.505. The summed E-state index contributed by atoms with van der Waals surface area (Å²) in [7, 11) is 0. The molecule has 0 aliphatic heterocycles. The van der Waals surface area contributed by atoms with E-state index in [-0.39, 0.29) is 0 Å². The molecule has 0 radical (unpaired) electrons. The standard InChI is InChI=1S/C11H17BrN2O/c12-8-10-13-11(15-14-10)9-6-4-2-1-3-5-7-9/h9H,1-8H2. The van der Waals surface area contributed by atoms with Crippen LogP contribution in [0.3, 0.4) is 0 Å². The first-order valence-electron chi connectivity index (χ1n) is 5.78. The van der Waals surface area contributed by atoms with Gasteiger partial charge in [-0.3, -0.25) is 0 Å². The Kier molecular flexibility index (Phi) is 4.18. The van der Waals surface area contributed by atoms with Crippen molar-refractivity contribution in [2.45, 2.75) is 56.2 Å². The van der Waals surface area contributed by atoms with Crippen molar-refractivity contribution in [1.29, 1.82) is 0 Å². The molecule has 0 atom stereocenters. The molecule has 1 heterocycles. The van der Waals surface area contributed by atoms with Gasteiger partial charge in [0.1, 0.15) is 0 Å². The lowest BCUT2D eigenvalue weighted by Gasteiger charge is -2.15. The van der Waals surface area contributed by atoms with E-state index in [1.807, 2.05) is 0 Å². The lowest BCUT2D eigenvalue weighted by molar-refractivity contribution is 0.321. The summed E-state index contributed by atoms with van der Waals surface area (Å²) < 4.78 is 5.30. The van der Waals surface area contributed by atoms with Crippen LogP contribution in [0.4, 0.5) is 0 Å². The number of hydrogen-bond donors (Lipinski definition) is 0. The van der Waals surface area contributed by atoms with Crippen molar-refractivity contribution in [3.63, 3.8) is 0 Å². The zero-order chi connectivity index (χ0) is 10.5. The van der Waals surface area contributed by atoms with Crippen LogP contribution in [0.5, 0.6) is 0 Å². The van der Waals surface area contributed by atoms with Crippen molar-refractivity contribution in [2.75, 3.05) is 0 Å². The van der Waals surface area contributed by atoms with Crippen LogP contribution in [0.15, 0.2) is 4.52 Å². The minimum absolute atomic E-state index is 0.505. The highest BCUT2D eigenvalue weighted by molar-refractivity contribution is 9.08. The molecule has 0 aromatic carbocycles. The second kappa shape index (κ2) is 5.64. The zero-order valence-electron chi connectivity index (χ0n) is 8.91. The number of aromatic nitrogens is 2. The maximum atomic E-state index is 5.30. The molecule has 0 amide bonds. The second-order valence-electron chi connectivity index (χ2n) is 4.22. The van der Waals surface area contributed by atoms with Crippen molar-refractivity contribution < 1.29 is 4.52 Å². The van der Waals surface area contributed by atoms with Gasteiger partial charge in [0.05, 0.1) is 5.33 Å². The number of halogens is 1. The van der Waals surface area contributed by atoms with E-state index in [1.165, 1.54) is 44.9 Å².